The minimum Gasteiger partial charge on any atom is -0.333 e. The highest BCUT2D eigenvalue weighted by Gasteiger charge is 2.13. The number of hydrogen-bond acceptors (Lipinski definition) is 4. The average Bonchev–Trinajstić information content (AvgIpc) is 3.35. The van der Waals surface area contributed by atoms with Crippen molar-refractivity contribution in [1.29, 1.82) is 0 Å². The van der Waals surface area contributed by atoms with Gasteiger partial charge in [-0.15, -0.1) is 11.3 Å². The summed E-state index contributed by atoms with van der Waals surface area (Å²) in [5, 5.41) is 5.29. The van der Waals surface area contributed by atoms with Crippen molar-refractivity contribution in [3.8, 4) is 22.6 Å². The first kappa shape index (κ1) is 18.4. The van der Waals surface area contributed by atoms with Gasteiger partial charge in [0.1, 0.15) is 11.5 Å². The molecule has 4 rings (SSSR count). The number of rotatable bonds is 4. The van der Waals surface area contributed by atoms with E-state index in [2.05, 4.69) is 10.3 Å². The summed E-state index contributed by atoms with van der Waals surface area (Å²) < 4.78 is 1.98. The maximum absolute atomic E-state index is 12.1. The number of nitrogens with one attached hydrogen (secondary N) is 1. The van der Waals surface area contributed by atoms with Crippen LogP contribution in [0.4, 0.5) is 5.69 Å². The maximum Gasteiger partial charge on any atom is 0.275 e. The number of imidazole rings is 1. The Bertz CT molecular complexity index is 1130. The van der Waals surface area contributed by atoms with Gasteiger partial charge in [-0.05, 0) is 42.8 Å². The van der Waals surface area contributed by atoms with Gasteiger partial charge in [0, 0.05) is 40.5 Å². The molecule has 2 aromatic heterocycles. The molecule has 2 aromatic carbocycles. The van der Waals surface area contributed by atoms with E-state index in [0.29, 0.717) is 11.4 Å². The van der Waals surface area contributed by atoms with Gasteiger partial charge in [-0.3, -0.25) is 4.79 Å². The summed E-state index contributed by atoms with van der Waals surface area (Å²) in [6.07, 6.45) is 1.99. The highest BCUT2D eigenvalue weighted by atomic mass is 35.5. The third-order valence-electron chi connectivity index (χ3n) is 4.49. The monoisotopic (exact) mass is 408 g/mol. The third-order valence-corrected chi connectivity index (χ3v) is 5.48. The standard InChI is InChI=1S/C21H17ClN4OS/c1-13-16(4-3-5-17(13)22)18-10-26(2)20(25-18)14-6-8-15(9-7-14)24-21(27)19-11-28-12-23-19/h3-12H,1-2H3,(H,24,27). The van der Waals surface area contributed by atoms with Crippen molar-refractivity contribution in [3.63, 3.8) is 0 Å². The van der Waals surface area contributed by atoms with Gasteiger partial charge in [-0.25, -0.2) is 9.97 Å². The zero-order valence-corrected chi connectivity index (χ0v) is 16.9. The van der Waals surface area contributed by atoms with Crippen LogP contribution < -0.4 is 5.32 Å². The molecule has 0 spiro atoms. The van der Waals surface area contributed by atoms with Gasteiger partial charge >= 0.3 is 0 Å². The van der Waals surface area contributed by atoms with Gasteiger partial charge < -0.3 is 9.88 Å². The number of thiazole rings is 1. The van der Waals surface area contributed by atoms with Gasteiger partial charge in [-0.1, -0.05) is 23.7 Å². The zero-order chi connectivity index (χ0) is 19.7. The quantitative estimate of drug-likeness (QED) is 0.490. The first-order valence-electron chi connectivity index (χ1n) is 8.62. The van der Waals surface area contributed by atoms with Crippen molar-refractivity contribution in [3.05, 3.63) is 75.8 Å². The number of benzene rings is 2. The van der Waals surface area contributed by atoms with Crippen LogP contribution in [0, 0.1) is 6.92 Å². The van der Waals surface area contributed by atoms with Crippen molar-refractivity contribution in [2.75, 3.05) is 5.32 Å². The lowest BCUT2D eigenvalue weighted by atomic mass is 10.1. The van der Waals surface area contributed by atoms with Gasteiger partial charge in [0.15, 0.2) is 0 Å². The van der Waals surface area contributed by atoms with E-state index in [-0.39, 0.29) is 5.91 Å². The molecule has 0 bridgehead atoms. The average molecular weight is 409 g/mol. The second-order valence-electron chi connectivity index (χ2n) is 6.38. The van der Waals surface area contributed by atoms with Crippen molar-refractivity contribution in [1.82, 2.24) is 14.5 Å². The van der Waals surface area contributed by atoms with E-state index in [0.717, 1.165) is 33.2 Å². The number of halogens is 1. The molecular weight excluding hydrogens is 392 g/mol. The maximum atomic E-state index is 12.1. The summed E-state index contributed by atoms with van der Waals surface area (Å²) in [5.41, 5.74) is 6.62. The Kier molecular flexibility index (Phi) is 4.98. The first-order chi connectivity index (χ1) is 13.5. The summed E-state index contributed by atoms with van der Waals surface area (Å²) >= 11 is 7.64. The van der Waals surface area contributed by atoms with Crippen LogP contribution in [-0.4, -0.2) is 20.4 Å². The summed E-state index contributed by atoms with van der Waals surface area (Å²) in [6, 6.07) is 13.4. The van der Waals surface area contributed by atoms with Gasteiger partial charge in [0.25, 0.3) is 5.91 Å². The number of aromatic nitrogens is 3. The van der Waals surface area contributed by atoms with Crippen molar-refractivity contribution in [2.45, 2.75) is 6.92 Å². The van der Waals surface area contributed by atoms with Crippen LogP contribution in [-0.2, 0) is 7.05 Å². The van der Waals surface area contributed by atoms with Crippen LogP contribution in [0.25, 0.3) is 22.6 Å². The van der Waals surface area contributed by atoms with E-state index in [1.807, 2.05) is 67.2 Å². The zero-order valence-electron chi connectivity index (χ0n) is 15.3. The number of amides is 1. The highest BCUT2D eigenvalue weighted by Crippen LogP contribution is 2.30. The molecule has 0 radical (unpaired) electrons. The minimum atomic E-state index is -0.218. The van der Waals surface area contributed by atoms with E-state index in [4.69, 9.17) is 16.6 Å². The second kappa shape index (κ2) is 7.58. The normalized spacial score (nSPS) is 10.8. The van der Waals surface area contributed by atoms with E-state index >= 15 is 0 Å². The molecule has 0 aliphatic heterocycles. The van der Waals surface area contributed by atoms with Gasteiger partial charge in [-0.2, -0.15) is 0 Å². The summed E-state index contributed by atoms with van der Waals surface area (Å²) in [5.74, 6) is 0.622. The third kappa shape index (κ3) is 3.56. The Labute approximate surface area is 171 Å². The van der Waals surface area contributed by atoms with Gasteiger partial charge in [0.05, 0.1) is 11.2 Å². The fraction of sp³-hybridized carbons (Fsp3) is 0.0952. The first-order valence-corrected chi connectivity index (χ1v) is 9.94. The van der Waals surface area contributed by atoms with Crippen molar-refractivity contribution in [2.24, 2.45) is 7.05 Å². The molecule has 0 atom stereocenters. The Morgan fingerprint density at radius 3 is 2.68 bits per heavy atom. The Balaban J connectivity index is 1.59. The minimum absolute atomic E-state index is 0.218. The molecule has 2 heterocycles. The molecule has 0 saturated heterocycles. The van der Waals surface area contributed by atoms with Crippen LogP contribution in [0.15, 0.2) is 59.6 Å². The molecule has 28 heavy (non-hydrogen) atoms. The smallest absolute Gasteiger partial charge is 0.275 e. The highest BCUT2D eigenvalue weighted by molar-refractivity contribution is 7.07. The lowest BCUT2D eigenvalue weighted by Crippen LogP contribution is -2.11. The number of nitrogens with zero attached hydrogens (tertiary/aromatic N) is 3. The summed E-state index contributed by atoms with van der Waals surface area (Å²) in [4.78, 5) is 20.9. The summed E-state index contributed by atoms with van der Waals surface area (Å²) in [6.45, 7) is 1.99. The fourth-order valence-corrected chi connectivity index (χ4v) is 3.68. The molecule has 7 heteroatoms. The summed E-state index contributed by atoms with van der Waals surface area (Å²) in [7, 11) is 1.96. The fourth-order valence-electron chi connectivity index (χ4n) is 2.97. The van der Waals surface area contributed by atoms with Crippen molar-refractivity contribution >= 4 is 34.5 Å². The van der Waals surface area contributed by atoms with Crippen LogP contribution in [0.5, 0.6) is 0 Å². The van der Waals surface area contributed by atoms with Crippen LogP contribution in [0.1, 0.15) is 16.1 Å². The molecule has 1 amide bonds. The Morgan fingerprint density at radius 2 is 1.96 bits per heavy atom. The Hall–Kier alpha value is -2.96. The molecule has 0 fully saturated rings. The molecule has 140 valence electrons. The van der Waals surface area contributed by atoms with Gasteiger partial charge in [0.2, 0.25) is 0 Å². The molecular formula is C21H17ClN4OS. The predicted octanol–water partition coefficient (Wildman–Crippen LogP) is 5.42. The van der Waals surface area contributed by atoms with E-state index in [9.17, 15) is 4.79 Å². The molecule has 1 N–H and O–H groups in total. The van der Waals surface area contributed by atoms with E-state index in [1.54, 1.807) is 10.9 Å². The molecule has 5 nitrogen and oxygen atoms in total. The van der Waals surface area contributed by atoms with Crippen LogP contribution in [0.3, 0.4) is 0 Å². The predicted molar refractivity (Wildman–Crippen MR) is 114 cm³/mol. The number of hydrogen-bond donors (Lipinski definition) is 1. The largest absolute Gasteiger partial charge is 0.333 e. The number of anilines is 1. The number of aryl methyl sites for hydroxylation is 1. The van der Waals surface area contributed by atoms with E-state index < -0.39 is 0 Å². The number of carbonyl (C=O) groups excluding carboxylic acids is 1. The van der Waals surface area contributed by atoms with Crippen LogP contribution in [0.2, 0.25) is 5.02 Å². The molecule has 0 unspecified atom stereocenters. The molecule has 0 aliphatic carbocycles. The van der Waals surface area contributed by atoms with Crippen LogP contribution >= 0.6 is 22.9 Å². The molecule has 0 saturated carbocycles. The number of carbonyl (C=O) groups is 1. The topological polar surface area (TPSA) is 59.8 Å². The van der Waals surface area contributed by atoms with Crippen molar-refractivity contribution < 1.29 is 4.79 Å². The Morgan fingerprint density at radius 1 is 1.18 bits per heavy atom. The molecule has 4 aromatic rings. The second-order valence-corrected chi connectivity index (χ2v) is 7.50. The van der Waals surface area contributed by atoms with E-state index in [1.165, 1.54) is 11.3 Å². The molecule has 0 aliphatic rings. The lowest BCUT2D eigenvalue weighted by molar-refractivity contribution is 0.102. The lowest BCUT2D eigenvalue weighted by Gasteiger charge is -2.06. The SMILES string of the molecule is Cc1c(Cl)cccc1-c1cn(C)c(-c2ccc(NC(=O)c3cscn3)cc2)n1.